The normalized spacial score (nSPS) is 10.8. The molecule has 0 amide bonds. The Morgan fingerprint density at radius 3 is 1.95 bits per heavy atom. The van der Waals surface area contributed by atoms with Crippen LogP contribution in [0, 0.1) is 5.82 Å². The molecule has 0 bridgehead atoms. The molecule has 1 rings (SSSR count). The van der Waals surface area contributed by atoms with Gasteiger partial charge in [-0.05, 0) is 24.3 Å². The minimum Gasteiger partial charge on any atom is -0.261 e. The maximum Gasteiger partial charge on any atom is 0.350 e. The average Bonchev–Trinajstić information content (AvgIpc) is 2.27. The smallest absolute Gasteiger partial charge is 0.261 e. The topological polar surface area (TPSA) is 127 Å². The molecule has 0 aromatic heterocycles. The molecule has 0 heterocycles. The minimum atomic E-state index is -4.00. The zero-order chi connectivity index (χ0) is 16.0. The fourth-order valence-corrected chi connectivity index (χ4v) is 1.43. The van der Waals surface area contributed by atoms with Crippen LogP contribution in [0.3, 0.4) is 0 Å². The van der Waals surface area contributed by atoms with Gasteiger partial charge in [0.1, 0.15) is 5.82 Å². The summed E-state index contributed by atoms with van der Waals surface area (Å²) in [5, 5.41) is 4.85. The Balaban J connectivity index is 0.000000441. The molecular weight excluding hydrogens is 337 g/mol. The van der Waals surface area contributed by atoms with Gasteiger partial charge in [-0.2, -0.15) is 16.8 Å². The highest BCUT2D eigenvalue weighted by atomic mass is 35.7. The Kier molecular flexibility index (Phi) is 6.76. The summed E-state index contributed by atoms with van der Waals surface area (Å²) >= 11 is 0. The van der Waals surface area contributed by atoms with Crippen molar-refractivity contribution in [3.05, 3.63) is 30.1 Å². The highest BCUT2D eigenvalue weighted by molar-refractivity contribution is 8.12. The first-order valence-electron chi connectivity index (χ1n) is 4.53. The molecule has 0 saturated heterocycles. The van der Waals surface area contributed by atoms with E-state index in [9.17, 15) is 21.2 Å². The zero-order valence-electron chi connectivity index (χ0n) is 9.89. The van der Waals surface area contributed by atoms with E-state index >= 15 is 0 Å². The molecule has 12 heteroatoms. The molecule has 1 aromatic rings. The van der Waals surface area contributed by atoms with Crippen molar-refractivity contribution in [1.29, 1.82) is 0 Å². The van der Waals surface area contributed by atoms with E-state index in [0.29, 0.717) is 5.69 Å². The van der Waals surface area contributed by atoms with Crippen LogP contribution in [-0.4, -0.2) is 30.0 Å². The molecule has 2 N–H and O–H groups in total. The highest BCUT2D eigenvalue weighted by Crippen LogP contribution is 2.14. The SMILES string of the molecule is CN(c1ccc(F)cc1)S(N)(=O)=O.O=C=NS(=O)(=O)Cl. The lowest BCUT2D eigenvalue weighted by molar-refractivity contribution is 0.564. The lowest BCUT2D eigenvalue weighted by Gasteiger charge is -2.15. The van der Waals surface area contributed by atoms with Crippen LogP contribution in [-0.2, 0) is 24.2 Å². The molecule has 20 heavy (non-hydrogen) atoms. The summed E-state index contributed by atoms with van der Waals surface area (Å²) < 4.78 is 56.3. The van der Waals surface area contributed by atoms with Gasteiger partial charge in [-0.25, -0.2) is 14.3 Å². The minimum absolute atomic E-state index is 0.323. The van der Waals surface area contributed by atoms with E-state index in [0.717, 1.165) is 22.5 Å². The Bertz CT molecular complexity index is 698. The quantitative estimate of drug-likeness (QED) is 0.478. The van der Waals surface area contributed by atoms with Crippen LogP contribution in [0.15, 0.2) is 28.7 Å². The average molecular weight is 346 g/mol. The summed E-state index contributed by atoms with van der Waals surface area (Å²) in [6.07, 6.45) is 0.763. The zero-order valence-corrected chi connectivity index (χ0v) is 12.3. The summed E-state index contributed by atoms with van der Waals surface area (Å²) in [4.78, 5) is 9.07. The number of anilines is 1. The van der Waals surface area contributed by atoms with Gasteiger partial charge < -0.3 is 0 Å². The molecule has 0 aliphatic carbocycles. The lowest BCUT2D eigenvalue weighted by Crippen LogP contribution is -2.32. The molecular formula is C8H9ClFN3O5S2. The summed E-state index contributed by atoms with van der Waals surface area (Å²) in [6.45, 7) is 0. The molecule has 0 atom stereocenters. The first kappa shape index (κ1) is 18.5. The molecule has 0 aliphatic rings. The third kappa shape index (κ3) is 7.81. The number of carbonyl (C=O) groups excluding carboxylic acids is 1. The van der Waals surface area contributed by atoms with Crippen LogP contribution in [0.2, 0.25) is 0 Å². The summed E-state index contributed by atoms with van der Waals surface area (Å²) in [5.74, 6) is -0.424. The van der Waals surface area contributed by atoms with E-state index < -0.39 is 25.3 Å². The van der Waals surface area contributed by atoms with Crippen molar-refractivity contribution in [1.82, 2.24) is 0 Å². The third-order valence-corrected chi connectivity index (χ3v) is 3.19. The van der Waals surface area contributed by atoms with E-state index in [1.54, 1.807) is 0 Å². The van der Waals surface area contributed by atoms with Crippen molar-refractivity contribution in [2.24, 2.45) is 9.54 Å². The second kappa shape index (κ2) is 7.31. The van der Waals surface area contributed by atoms with Crippen LogP contribution >= 0.6 is 10.7 Å². The largest absolute Gasteiger partial charge is 0.350 e. The number of rotatable bonds is 3. The molecule has 0 saturated carbocycles. The molecule has 0 unspecified atom stereocenters. The summed E-state index contributed by atoms with van der Waals surface area (Å²) in [5.41, 5.74) is 0.323. The van der Waals surface area contributed by atoms with Crippen molar-refractivity contribution in [2.45, 2.75) is 0 Å². The first-order valence-corrected chi connectivity index (χ1v) is 8.30. The molecule has 0 radical (unpaired) electrons. The van der Waals surface area contributed by atoms with E-state index in [1.807, 2.05) is 0 Å². The van der Waals surface area contributed by atoms with Crippen molar-refractivity contribution in [3.63, 3.8) is 0 Å². The molecule has 112 valence electrons. The Morgan fingerprint density at radius 1 is 1.25 bits per heavy atom. The van der Waals surface area contributed by atoms with Crippen molar-refractivity contribution in [3.8, 4) is 0 Å². The van der Waals surface area contributed by atoms with Gasteiger partial charge in [0.2, 0.25) is 0 Å². The van der Waals surface area contributed by atoms with Gasteiger partial charge >= 0.3 is 9.24 Å². The number of nitrogens with zero attached hydrogens (tertiary/aromatic N) is 2. The van der Waals surface area contributed by atoms with Crippen LogP contribution in [0.1, 0.15) is 0 Å². The van der Waals surface area contributed by atoms with Gasteiger partial charge in [-0.1, -0.05) is 4.40 Å². The van der Waals surface area contributed by atoms with E-state index in [-0.39, 0.29) is 0 Å². The van der Waals surface area contributed by atoms with Gasteiger partial charge in [0.25, 0.3) is 16.3 Å². The molecule has 0 fully saturated rings. The van der Waals surface area contributed by atoms with Gasteiger partial charge in [-0.15, -0.1) is 0 Å². The Morgan fingerprint density at radius 2 is 1.70 bits per heavy atom. The number of hydrogen-bond donors (Lipinski definition) is 1. The van der Waals surface area contributed by atoms with Gasteiger partial charge in [0.15, 0.2) is 0 Å². The molecule has 8 nitrogen and oxygen atoms in total. The first-order chi connectivity index (χ1) is 8.97. The fourth-order valence-electron chi connectivity index (χ4n) is 0.842. The lowest BCUT2D eigenvalue weighted by atomic mass is 10.3. The Hall–Kier alpha value is -1.52. The van der Waals surface area contributed by atoms with E-state index in [2.05, 4.69) is 15.1 Å². The number of benzene rings is 1. The van der Waals surface area contributed by atoms with Crippen molar-refractivity contribution in [2.75, 3.05) is 11.4 Å². The number of halogens is 2. The fraction of sp³-hybridized carbons (Fsp3) is 0.125. The summed E-state index contributed by atoms with van der Waals surface area (Å²) in [6, 6.07) is 4.99. The summed E-state index contributed by atoms with van der Waals surface area (Å²) in [7, 11) is -2.09. The predicted octanol–water partition coefficient (Wildman–Crippen LogP) is 0.271. The van der Waals surface area contributed by atoms with E-state index in [1.165, 1.54) is 19.2 Å². The van der Waals surface area contributed by atoms with Gasteiger partial charge in [0.05, 0.1) is 5.69 Å². The Labute approximate surface area is 119 Å². The molecule has 0 spiro atoms. The third-order valence-electron chi connectivity index (χ3n) is 1.72. The standard InChI is InChI=1S/C7H9FN2O2S.CClNO3S/c1-10(13(9,11)12)7-4-2-6(8)3-5-7;2-7(5,6)3-1-4/h2-5H,1H3,(H2,9,11,12);. The number of isocyanates is 1. The van der Waals surface area contributed by atoms with E-state index in [4.69, 9.17) is 9.93 Å². The predicted molar refractivity (Wildman–Crippen MR) is 70.8 cm³/mol. The monoisotopic (exact) mass is 345 g/mol. The maximum atomic E-state index is 12.4. The van der Waals surface area contributed by atoms with Crippen LogP contribution in [0.4, 0.5) is 10.1 Å². The van der Waals surface area contributed by atoms with Gasteiger partial charge in [0, 0.05) is 17.7 Å². The second-order valence-electron chi connectivity index (χ2n) is 3.08. The maximum absolute atomic E-state index is 12.4. The number of hydrogen-bond acceptors (Lipinski definition) is 5. The van der Waals surface area contributed by atoms with Crippen molar-refractivity contribution >= 4 is 41.9 Å². The molecule has 0 aliphatic heterocycles. The second-order valence-corrected chi connectivity index (χ2v) is 6.84. The molecule has 1 aromatic carbocycles. The van der Waals surface area contributed by atoms with Crippen LogP contribution in [0.25, 0.3) is 0 Å². The van der Waals surface area contributed by atoms with Crippen molar-refractivity contribution < 1.29 is 26.0 Å². The van der Waals surface area contributed by atoms with Crippen LogP contribution < -0.4 is 9.44 Å². The van der Waals surface area contributed by atoms with Gasteiger partial charge in [-0.3, -0.25) is 4.31 Å². The highest BCUT2D eigenvalue weighted by Gasteiger charge is 2.11. The number of nitrogens with two attached hydrogens (primary N) is 1. The van der Waals surface area contributed by atoms with Crippen LogP contribution in [0.5, 0.6) is 0 Å².